The van der Waals surface area contributed by atoms with Gasteiger partial charge in [0.1, 0.15) is 0 Å². The Balaban J connectivity index is 1.61. The fourth-order valence-electron chi connectivity index (χ4n) is 3.49. The monoisotopic (exact) mass is 526 g/mol. The Morgan fingerprint density at radius 2 is 1.76 bits per heavy atom. The molecule has 1 fully saturated rings. The van der Waals surface area contributed by atoms with Crippen molar-refractivity contribution in [2.75, 3.05) is 0 Å². The molecule has 4 atom stereocenters. The van der Waals surface area contributed by atoms with Gasteiger partial charge in [0, 0.05) is 0 Å². The Morgan fingerprint density at radius 1 is 1.10 bits per heavy atom. The number of carbonyl (C=O) groups is 1. The van der Waals surface area contributed by atoms with Crippen LogP contribution in [0.3, 0.4) is 0 Å². The summed E-state index contributed by atoms with van der Waals surface area (Å²) >= 11 is -0.673. The first-order chi connectivity index (χ1) is 14.1. The van der Waals surface area contributed by atoms with E-state index in [1.54, 1.807) is 0 Å². The number of carbonyl (C=O) groups excluding carboxylic acids is 1. The number of benzene rings is 2. The second-order valence-corrected chi connectivity index (χ2v) is 12.1. The number of hydrogen-bond acceptors (Lipinski definition) is 3. The Kier molecular flexibility index (Phi) is 8.84. The van der Waals surface area contributed by atoms with Gasteiger partial charge in [-0.3, -0.25) is 0 Å². The zero-order valence-electron chi connectivity index (χ0n) is 16.7. The van der Waals surface area contributed by atoms with E-state index in [-0.39, 0.29) is 16.3 Å². The van der Waals surface area contributed by atoms with Gasteiger partial charge in [-0.2, -0.15) is 0 Å². The average molecular weight is 526 g/mol. The second kappa shape index (κ2) is 11.3. The molecule has 0 bridgehead atoms. The van der Waals surface area contributed by atoms with E-state index in [0.717, 1.165) is 41.7 Å². The Morgan fingerprint density at radius 3 is 2.45 bits per heavy atom. The van der Waals surface area contributed by atoms with E-state index >= 15 is 0 Å². The molecule has 2 N–H and O–H groups in total. The van der Waals surface area contributed by atoms with Gasteiger partial charge in [0.25, 0.3) is 0 Å². The molecule has 0 radical (unpaired) electrons. The molecule has 0 heterocycles. The van der Waals surface area contributed by atoms with Crippen molar-refractivity contribution < 1.29 is 35.3 Å². The van der Waals surface area contributed by atoms with Gasteiger partial charge in [-0.05, 0) is 0 Å². The third-order valence-corrected chi connectivity index (χ3v) is 9.89. The first-order valence-electron chi connectivity index (χ1n) is 10.2. The molecule has 0 aromatic heterocycles. The van der Waals surface area contributed by atoms with Crippen molar-refractivity contribution in [3.05, 3.63) is 54.6 Å². The van der Waals surface area contributed by atoms with Crippen molar-refractivity contribution in [1.29, 1.82) is 0 Å². The van der Waals surface area contributed by atoms with Crippen LogP contribution in [0.2, 0.25) is 0 Å². The molecular formula is C23H29INO3S-. The van der Waals surface area contributed by atoms with Crippen LogP contribution >= 0.6 is 0 Å². The Hall–Kier alpha value is -1.09. The Labute approximate surface area is 186 Å². The summed E-state index contributed by atoms with van der Waals surface area (Å²) < 4.78 is 16.7. The molecule has 1 aliphatic rings. The van der Waals surface area contributed by atoms with Gasteiger partial charge in [0.15, 0.2) is 0 Å². The molecule has 0 saturated heterocycles. The number of hydrogen-bond donors (Lipinski definition) is 2. The topological polar surface area (TPSA) is 66.4 Å². The maximum atomic E-state index is 12.9. The molecule has 1 saturated carbocycles. The molecule has 2 aromatic carbocycles. The van der Waals surface area contributed by atoms with Crippen LogP contribution in [0.15, 0.2) is 59.5 Å². The van der Waals surface area contributed by atoms with Gasteiger partial charge in [-0.15, -0.1) is 0 Å². The number of aliphatic hydroxyl groups excluding tert-OH is 1. The molecule has 0 spiro atoms. The van der Waals surface area contributed by atoms with E-state index in [1.807, 2.05) is 49.4 Å². The van der Waals surface area contributed by atoms with E-state index in [1.165, 1.54) is 0 Å². The zero-order chi connectivity index (χ0) is 20.6. The minimum absolute atomic E-state index is 0.119. The van der Waals surface area contributed by atoms with E-state index < -0.39 is 38.3 Å². The SMILES string of the molecule is CCC(O)CC(=O)[I-][C@H]1CCCC[C@@H]1NS(=O)c1ccc(-c2ccccc2)cc1. The molecule has 2 unspecified atom stereocenters. The van der Waals surface area contributed by atoms with Crippen molar-refractivity contribution >= 4 is 14.8 Å². The summed E-state index contributed by atoms with van der Waals surface area (Å²) in [5.74, 6) is 0. The third kappa shape index (κ3) is 6.70. The van der Waals surface area contributed by atoms with Crippen molar-refractivity contribution in [2.45, 2.75) is 66.4 Å². The fraction of sp³-hybridized carbons (Fsp3) is 0.435. The maximum absolute atomic E-state index is 12.9. The molecule has 4 nitrogen and oxygen atoms in total. The first-order valence-corrected chi connectivity index (χ1v) is 13.7. The molecule has 29 heavy (non-hydrogen) atoms. The molecule has 1 aliphatic carbocycles. The van der Waals surface area contributed by atoms with Crippen molar-refractivity contribution in [3.8, 4) is 11.1 Å². The van der Waals surface area contributed by atoms with E-state index in [9.17, 15) is 14.1 Å². The zero-order valence-corrected chi connectivity index (χ0v) is 19.7. The normalized spacial score (nSPS) is 21.6. The van der Waals surface area contributed by atoms with Gasteiger partial charge in [-0.25, -0.2) is 0 Å². The second-order valence-electron chi connectivity index (χ2n) is 7.41. The van der Waals surface area contributed by atoms with E-state index in [2.05, 4.69) is 16.9 Å². The molecular weight excluding hydrogens is 497 g/mol. The van der Waals surface area contributed by atoms with E-state index in [0.29, 0.717) is 10.3 Å². The van der Waals surface area contributed by atoms with Crippen molar-refractivity contribution in [1.82, 2.24) is 4.72 Å². The van der Waals surface area contributed by atoms with Crippen LogP contribution in [-0.2, 0) is 15.8 Å². The standard InChI is InChI=1S/C23H29INO3S/c1-2-19(26)16-23(27)24-21-10-6-7-11-22(21)25-29(28)20-14-12-18(13-15-20)17-8-4-3-5-9-17/h3-5,8-9,12-15,19,21-22,25-26H,2,6-7,10-11,16H2,1H3/q-1/t19?,21-,22-,29?/m0/s1. The number of alkyl halides is 1. The molecule has 0 amide bonds. The minimum atomic E-state index is -1.29. The van der Waals surface area contributed by atoms with Crippen LogP contribution in [0.5, 0.6) is 0 Å². The van der Waals surface area contributed by atoms with Crippen LogP contribution < -0.4 is 25.9 Å². The summed E-state index contributed by atoms with van der Waals surface area (Å²) in [5, 5.41) is 9.76. The van der Waals surface area contributed by atoms with Gasteiger partial charge in [0.2, 0.25) is 0 Å². The first kappa shape index (κ1) is 22.6. The van der Waals surface area contributed by atoms with Gasteiger partial charge in [-0.1, -0.05) is 0 Å². The van der Waals surface area contributed by atoms with Crippen LogP contribution in [-0.4, -0.2) is 29.2 Å². The quantitative estimate of drug-likeness (QED) is 0.292. The van der Waals surface area contributed by atoms with Gasteiger partial charge in [0.05, 0.1) is 0 Å². The predicted octanol–water partition coefficient (Wildman–Crippen LogP) is 1.05. The summed E-state index contributed by atoms with van der Waals surface area (Å²) in [6.07, 6.45) is 4.58. The number of halogens is 1. The predicted molar refractivity (Wildman–Crippen MR) is 113 cm³/mol. The van der Waals surface area contributed by atoms with Crippen LogP contribution in [0.4, 0.5) is 0 Å². The molecule has 3 rings (SSSR count). The molecule has 0 aliphatic heterocycles. The fourth-order valence-corrected chi connectivity index (χ4v) is 8.19. The van der Waals surface area contributed by atoms with Crippen molar-refractivity contribution in [3.63, 3.8) is 0 Å². The summed E-state index contributed by atoms with van der Waals surface area (Å²) in [4.78, 5) is 13.1. The summed E-state index contributed by atoms with van der Waals surface area (Å²) in [5.41, 5.74) is 2.25. The van der Waals surface area contributed by atoms with Gasteiger partial charge >= 0.3 is 187 Å². The number of rotatable bonds is 9. The Bertz CT molecular complexity index is 813. The third-order valence-electron chi connectivity index (χ3n) is 5.24. The molecule has 158 valence electrons. The molecule has 2 aromatic rings. The van der Waals surface area contributed by atoms with Crippen molar-refractivity contribution in [2.24, 2.45) is 0 Å². The van der Waals surface area contributed by atoms with Gasteiger partial charge < -0.3 is 0 Å². The summed E-state index contributed by atoms with van der Waals surface area (Å²) in [6.45, 7) is 1.90. The van der Waals surface area contributed by atoms with Crippen LogP contribution in [0.1, 0.15) is 45.4 Å². The number of aliphatic hydroxyl groups is 1. The van der Waals surface area contributed by atoms with Crippen LogP contribution in [0.25, 0.3) is 11.1 Å². The van der Waals surface area contributed by atoms with E-state index in [4.69, 9.17) is 0 Å². The van der Waals surface area contributed by atoms with Crippen LogP contribution in [0, 0.1) is 0 Å². The molecule has 6 heteroatoms. The average Bonchev–Trinajstić information content (AvgIpc) is 2.75. The summed E-state index contributed by atoms with van der Waals surface area (Å²) in [6, 6.07) is 18.1. The summed E-state index contributed by atoms with van der Waals surface area (Å²) in [7, 11) is -1.29. The number of nitrogens with one attached hydrogen (secondary N) is 1.